The number of carbonyl (C=O) groups is 1. The van der Waals surface area contributed by atoms with E-state index in [2.05, 4.69) is 25.8 Å². The molecule has 0 fully saturated rings. The van der Waals surface area contributed by atoms with Crippen molar-refractivity contribution in [3.8, 4) is 28.4 Å². The molecule has 0 saturated carbocycles. The van der Waals surface area contributed by atoms with Crippen molar-refractivity contribution in [1.82, 2.24) is 19.7 Å². The van der Waals surface area contributed by atoms with Crippen LogP contribution in [0.1, 0.15) is 0 Å². The number of rotatable bonds is 7. The Labute approximate surface area is 212 Å². The Hall–Kier alpha value is -5.12. The molecule has 0 radical (unpaired) electrons. The molecule has 10 heteroatoms. The average Bonchev–Trinajstić information content (AvgIpc) is 3.59. The second-order valence-corrected chi connectivity index (χ2v) is 8.41. The molecule has 186 valence electrons. The Balaban J connectivity index is 1.23. The SMILES string of the molecule is CN(C)c1ccn(-c2cccc(NC(=O)Nc3ccc(Oc4ccnc(-c5cn[nH]c5)c4)cc3F)c2)c1. The van der Waals surface area contributed by atoms with Crippen molar-refractivity contribution in [2.45, 2.75) is 0 Å². The zero-order chi connectivity index (χ0) is 25.8. The third-order valence-corrected chi connectivity index (χ3v) is 5.55. The number of hydrogen-bond donors (Lipinski definition) is 3. The summed E-state index contributed by atoms with van der Waals surface area (Å²) in [7, 11) is 3.94. The number of aromatic nitrogens is 4. The molecule has 0 spiro atoms. The zero-order valence-corrected chi connectivity index (χ0v) is 20.1. The van der Waals surface area contributed by atoms with Crippen LogP contribution < -0.4 is 20.3 Å². The molecule has 0 unspecified atom stereocenters. The lowest BCUT2D eigenvalue weighted by Gasteiger charge is -2.12. The summed E-state index contributed by atoms with van der Waals surface area (Å²) in [5.41, 5.74) is 4.00. The molecule has 0 bridgehead atoms. The number of aromatic amines is 1. The highest BCUT2D eigenvalue weighted by Gasteiger charge is 2.11. The van der Waals surface area contributed by atoms with Crippen LogP contribution in [-0.2, 0) is 0 Å². The van der Waals surface area contributed by atoms with E-state index in [0.29, 0.717) is 17.1 Å². The van der Waals surface area contributed by atoms with Gasteiger partial charge in [0.1, 0.15) is 17.3 Å². The van der Waals surface area contributed by atoms with Crippen molar-refractivity contribution in [1.29, 1.82) is 0 Å². The number of hydrogen-bond acceptors (Lipinski definition) is 5. The van der Waals surface area contributed by atoms with Crippen LogP contribution in [0.15, 0.2) is 91.6 Å². The van der Waals surface area contributed by atoms with Gasteiger partial charge in [-0.3, -0.25) is 10.1 Å². The fourth-order valence-corrected chi connectivity index (χ4v) is 3.66. The van der Waals surface area contributed by atoms with Crippen LogP contribution >= 0.6 is 0 Å². The highest BCUT2D eigenvalue weighted by Crippen LogP contribution is 2.28. The molecule has 3 aromatic heterocycles. The van der Waals surface area contributed by atoms with Gasteiger partial charge >= 0.3 is 6.03 Å². The molecule has 0 aliphatic rings. The van der Waals surface area contributed by atoms with E-state index in [1.54, 1.807) is 42.9 Å². The Morgan fingerprint density at radius 3 is 2.68 bits per heavy atom. The number of nitrogens with one attached hydrogen (secondary N) is 3. The average molecular weight is 498 g/mol. The molecule has 3 N–H and O–H groups in total. The van der Waals surface area contributed by atoms with Crippen LogP contribution in [-0.4, -0.2) is 39.9 Å². The molecule has 9 nitrogen and oxygen atoms in total. The van der Waals surface area contributed by atoms with Crippen molar-refractivity contribution in [3.63, 3.8) is 0 Å². The zero-order valence-electron chi connectivity index (χ0n) is 20.1. The van der Waals surface area contributed by atoms with Gasteiger partial charge < -0.3 is 24.8 Å². The molecule has 3 heterocycles. The smallest absolute Gasteiger partial charge is 0.323 e. The summed E-state index contributed by atoms with van der Waals surface area (Å²) in [6.45, 7) is 0. The number of nitrogens with zero attached hydrogens (tertiary/aromatic N) is 4. The number of benzene rings is 2. The molecular weight excluding hydrogens is 473 g/mol. The third kappa shape index (κ3) is 5.59. The molecule has 5 rings (SSSR count). The number of anilines is 3. The predicted molar refractivity (Wildman–Crippen MR) is 141 cm³/mol. The molecule has 5 aromatic rings. The molecule has 2 aromatic carbocycles. The van der Waals surface area contributed by atoms with Gasteiger partial charge in [-0.2, -0.15) is 5.10 Å². The lowest BCUT2D eigenvalue weighted by Crippen LogP contribution is -2.20. The third-order valence-electron chi connectivity index (χ3n) is 5.55. The summed E-state index contributed by atoms with van der Waals surface area (Å²) in [6.07, 6.45) is 8.89. The first-order chi connectivity index (χ1) is 17.9. The van der Waals surface area contributed by atoms with E-state index in [1.807, 2.05) is 60.2 Å². The monoisotopic (exact) mass is 497 g/mol. The fourth-order valence-electron chi connectivity index (χ4n) is 3.66. The van der Waals surface area contributed by atoms with E-state index in [1.165, 1.54) is 12.1 Å². The van der Waals surface area contributed by atoms with Gasteiger partial charge in [0.2, 0.25) is 0 Å². The first-order valence-corrected chi connectivity index (χ1v) is 11.4. The van der Waals surface area contributed by atoms with Crippen LogP contribution in [0.3, 0.4) is 0 Å². The number of carbonyl (C=O) groups excluding carboxylic acids is 1. The van der Waals surface area contributed by atoms with Crippen LogP contribution in [0.25, 0.3) is 16.9 Å². The predicted octanol–water partition coefficient (Wildman–Crippen LogP) is 5.90. The van der Waals surface area contributed by atoms with E-state index < -0.39 is 11.8 Å². The number of H-pyrrole nitrogens is 1. The van der Waals surface area contributed by atoms with Gasteiger partial charge in [0.15, 0.2) is 0 Å². The molecule has 0 aliphatic heterocycles. The van der Waals surface area contributed by atoms with Crippen molar-refractivity contribution < 1.29 is 13.9 Å². The standard InChI is InChI=1S/C27H24FN7O2/c1-34(2)21-9-11-35(17-21)20-5-3-4-19(12-20)32-27(36)33-25-7-6-22(13-24(25)28)37-23-8-10-29-26(14-23)18-15-30-31-16-18/h3-17H,1-2H3,(H,30,31)(H2,32,33,36). The minimum atomic E-state index is -0.630. The van der Waals surface area contributed by atoms with Crippen LogP contribution in [0.2, 0.25) is 0 Å². The number of pyridine rings is 1. The fraction of sp³-hybridized carbons (Fsp3) is 0.0741. The van der Waals surface area contributed by atoms with Crippen molar-refractivity contribution in [2.24, 2.45) is 0 Å². The van der Waals surface area contributed by atoms with Crippen molar-refractivity contribution in [2.75, 3.05) is 29.6 Å². The van der Waals surface area contributed by atoms with Gasteiger partial charge in [-0.05, 0) is 42.5 Å². The lowest BCUT2D eigenvalue weighted by molar-refractivity contribution is 0.262. The van der Waals surface area contributed by atoms with E-state index in [9.17, 15) is 9.18 Å². The number of ether oxygens (including phenoxy) is 1. The Morgan fingerprint density at radius 1 is 1.05 bits per heavy atom. The van der Waals surface area contributed by atoms with Gasteiger partial charge in [-0.25, -0.2) is 9.18 Å². The first kappa shape index (κ1) is 23.6. The van der Waals surface area contributed by atoms with Crippen molar-refractivity contribution in [3.05, 3.63) is 97.5 Å². The Bertz CT molecular complexity index is 1530. The van der Waals surface area contributed by atoms with Gasteiger partial charge in [-0.15, -0.1) is 0 Å². The van der Waals surface area contributed by atoms with Crippen LogP contribution in [0.4, 0.5) is 26.2 Å². The Kier molecular flexibility index (Phi) is 6.54. The van der Waals surface area contributed by atoms with Gasteiger partial charge in [-0.1, -0.05) is 6.07 Å². The summed E-state index contributed by atoms with van der Waals surface area (Å²) < 4.78 is 22.5. The maximum Gasteiger partial charge on any atom is 0.323 e. The van der Waals surface area contributed by atoms with E-state index in [4.69, 9.17) is 4.74 Å². The minimum absolute atomic E-state index is 0.0239. The first-order valence-electron chi connectivity index (χ1n) is 11.4. The van der Waals surface area contributed by atoms with E-state index in [0.717, 1.165) is 16.9 Å². The largest absolute Gasteiger partial charge is 0.457 e. The molecule has 2 amide bonds. The molecule has 0 saturated heterocycles. The number of urea groups is 1. The van der Waals surface area contributed by atoms with E-state index in [-0.39, 0.29) is 11.4 Å². The number of amides is 2. The maximum absolute atomic E-state index is 14.8. The summed E-state index contributed by atoms with van der Waals surface area (Å²) >= 11 is 0. The van der Waals surface area contributed by atoms with Gasteiger partial charge in [0, 0.05) is 68.0 Å². The topological polar surface area (TPSA) is 100 Å². The van der Waals surface area contributed by atoms with E-state index >= 15 is 0 Å². The highest BCUT2D eigenvalue weighted by atomic mass is 19.1. The highest BCUT2D eigenvalue weighted by molar-refractivity contribution is 6.00. The molecule has 0 atom stereocenters. The summed E-state index contributed by atoms with van der Waals surface area (Å²) in [4.78, 5) is 18.8. The summed E-state index contributed by atoms with van der Waals surface area (Å²) in [5, 5.41) is 11.9. The second-order valence-electron chi connectivity index (χ2n) is 8.41. The van der Waals surface area contributed by atoms with Crippen molar-refractivity contribution >= 4 is 23.1 Å². The maximum atomic E-state index is 14.8. The number of halogens is 1. The molecule has 37 heavy (non-hydrogen) atoms. The molecular formula is C27H24FN7O2. The van der Waals surface area contributed by atoms with Crippen LogP contribution in [0, 0.1) is 5.82 Å². The quantitative estimate of drug-likeness (QED) is 0.260. The second kappa shape index (κ2) is 10.2. The lowest BCUT2D eigenvalue weighted by atomic mass is 10.2. The normalized spacial score (nSPS) is 10.7. The summed E-state index contributed by atoms with van der Waals surface area (Å²) in [6, 6.07) is 16.4. The minimum Gasteiger partial charge on any atom is -0.457 e. The van der Waals surface area contributed by atoms with Gasteiger partial charge in [0.25, 0.3) is 0 Å². The summed E-state index contributed by atoms with van der Waals surface area (Å²) in [5.74, 6) is 0.141. The van der Waals surface area contributed by atoms with Gasteiger partial charge in [0.05, 0.1) is 23.3 Å². The molecule has 0 aliphatic carbocycles. The van der Waals surface area contributed by atoms with Crippen LogP contribution in [0.5, 0.6) is 11.5 Å². The Morgan fingerprint density at radius 2 is 1.92 bits per heavy atom.